The number of carboxylic acid groups (broad SMARTS) is 1. The highest BCUT2D eigenvalue weighted by Crippen LogP contribution is 2.23. The second-order valence-electron chi connectivity index (χ2n) is 7.76. The molecule has 3 aromatic carbocycles. The molecular weight excluding hydrogens is 420 g/mol. The molecule has 0 saturated heterocycles. The SMILES string of the molecule is Nc1ccc(C(=O)N[C@@H](CCCc2ccccc2)C(=O)O)cc1OCCc1ccc(O)cc1. The van der Waals surface area contributed by atoms with Crippen molar-refractivity contribution in [2.45, 2.75) is 31.7 Å². The van der Waals surface area contributed by atoms with E-state index in [-0.39, 0.29) is 11.3 Å². The van der Waals surface area contributed by atoms with Crippen molar-refractivity contribution in [3.8, 4) is 11.5 Å². The number of phenols is 1. The molecule has 0 heterocycles. The van der Waals surface area contributed by atoms with Crippen LogP contribution in [0.25, 0.3) is 0 Å². The molecule has 0 aliphatic rings. The number of anilines is 1. The van der Waals surface area contributed by atoms with Gasteiger partial charge in [-0.15, -0.1) is 0 Å². The summed E-state index contributed by atoms with van der Waals surface area (Å²) in [4.78, 5) is 24.3. The zero-order valence-electron chi connectivity index (χ0n) is 18.2. The molecule has 7 nitrogen and oxygen atoms in total. The summed E-state index contributed by atoms with van der Waals surface area (Å²) in [5.74, 6) is -1.01. The summed E-state index contributed by atoms with van der Waals surface area (Å²) in [6.07, 6.45) is 2.29. The van der Waals surface area contributed by atoms with Gasteiger partial charge in [0.25, 0.3) is 5.91 Å². The molecule has 1 atom stereocenters. The van der Waals surface area contributed by atoms with E-state index in [2.05, 4.69) is 5.32 Å². The van der Waals surface area contributed by atoms with Crippen molar-refractivity contribution in [2.24, 2.45) is 0 Å². The summed E-state index contributed by atoms with van der Waals surface area (Å²) < 4.78 is 5.74. The van der Waals surface area contributed by atoms with Crippen LogP contribution in [0.4, 0.5) is 5.69 Å². The first-order valence-electron chi connectivity index (χ1n) is 10.8. The smallest absolute Gasteiger partial charge is 0.326 e. The standard InChI is InChI=1S/C26H28N2O5/c27-22-14-11-20(17-24(22)33-16-15-19-9-12-21(29)13-10-19)25(30)28-23(26(31)32)8-4-7-18-5-2-1-3-6-18/h1-3,5-6,9-14,17,23,29H,4,7-8,15-16,27H2,(H,28,30)(H,31,32)/t23-/m0/s1. The minimum absolute atomic E-state index is 0.197. The number of aromatic hydroxyl groups is 1. The fourth-order valence-corrected chi connectivity index (χ4v) is 3.40. The van der Waals surface area contributed by atoms with E-state index >= 15 is 0 Å². The highest BCUT2D eigenvalue weighted by Gasteiger charge is 2.21. The number of hydrogen-bond donors (Lipinski definition) is 4. The van der Waals surface area contributed by atoms with E-state index in [4.69, 9.17) is 10.5 Å². The Morgan fingerprint density at radius 2 is 1.64 bits per heavy atom. The molecule has 172 valence electrons. The molecular formula is C26H28N2O5. The van der Waals surface area contributed by atoms with Crippen LogP contribution >= 0.6 is 0 Å². The predicted octanol–water partition coefficient (Wildman–Crippen LogP) is 3.80. The van der Waals surface area contributed by atoms with Gasteiger partial charge < -0.3 is 26.0 Å². The molecule has 0 spiro atoms. The molecule has 3 aromatic rings. The Kier molecular flexibility index (Phi) is 8.30. The van der Waals surface area contributed by atoms with Crippen molar-refractivity contribution in [3.05, 3.63) is 89.5 Å². The predicted molar refractivity (Wildman–Crippen MR) is 126 cm³/mol. The Morgan fingerprint density at radius 3 is 2.33 bits per heavy atom. The number of benzene rings is 3. The van der Waals surface area contributed by atoms with Crippen LogP contribution in [0.3, 0.4) is 0 Å². The maximum atomic E-state index is 12.7. The maximum Gasteiger partial charge on any atom is 0.326 e. The molecule has 0 radical (unpaired) electrons. The summed E-state index contributed by atoms with van der Waals surface area (Å²) in [5, 5.41) is 21.5. The van der Waals surface area contributed by atoms with E-state index in [0.29, 0.717) is 37.3 Å². The number of carboxylic acids is 1. The van der Waals surface area contributed by atoms with Gasteiger partial charge in [-0.3, -0.25) is 4.79 Å². The van der Waals surface area contributed by atoms with Gasteiger partial charge in [0.05, 0.1) is 12.3 Å². The second kappa shape index (κ2) is 11.6. The number of carbonyl (C=O) groups excluding carboxylic acids is 1. The Balaban J connectivity index is 1.56. The quantitative estimate of drug-likeness (QED) is 0.331. The number of hydrogen-bond acceptors (Lipinski definition) is 5. The lowest BCUT2D eigenvalue weighted by Gasteiger charge is -2.16. The highest BCUT2D eigenvalue weighted by molar-refractivity contribution is 5.97. The van der Waals surface area contributed by atoms with Crippen molar-refractivity contribution in [3.63, 3.8) is 0 Å². The molecule has 0 unspecified atom stereocenters. The molecule has 0 bridgehead atoms. The fourth-order valence-electron chi connectivity index (χ4n) is 3.40. The van der Waals surface area contributed by atoms with E-state index in [1.165, 1.54) is 6.07 Å². The third kappa shape index (κ3) is 7.28. The van der Waals surface area contributed by atoms with Crippen LogP contribution in [-0.2, 0) is 17.6 Å². The number of phenolic OH excluding ortho intramolecular Hbond substituents is 1. The van der Waals surface area contributed by atoms with Gasteiger partial charge in [0.15, 0.2) is 0 Å². The molecule has 5 N–H and O–H groups in total. The van der Waals surface area contributed by atoms with Crippen LogP contribution in [-0.4, -0.2) is 34.7 Å². The Bertz CT molecular complexity index is 1070. The van der Waals surface area contributed by atoms with Gasteiger partial charge in [-0.25, -0.2) is 4.79 Å². The number of ether oxygens (including phenoxy) is 1. The Labute approximate surface area is 192 Å². The zero-order valence-corrected chi connectivity index (χ0v) is 18.2. The summed E-state index contributed by atoms with van der Waals surface area (Å²) in [5.41, 5.74) is 8.75. The van der Waals surface area contributed by atoms with Crippen LogP contribution in [0.15, 0.2) is 72.8 Å². The van der Waals surface area contributed by atoms with Crippen LogP contribution < -0.4 is 15.8 Å². The first-order valence-corrected chi connectivity index (χ1v) is 10.8. The van der Waals surface area contributed by atoms with Crippen LogP contribution in [0.5, 0.6) is 11.5 Å². The number of amides is 1. The zero-order chi connectivity index (χ0) is 23.6. The van der Waals surface area contributed by atoms with Crippen molar-refractivity contribution < 1.29 is 24.5 Å². The third-order valence-corrected chi connectivity index (χ3v) is 5.26. The monoisotopic (exact) mass is 448 g/mol. The molecule has 33 heavy (non-hydrogen) atoms. The molecule has 7 heteroatoms. The van der Waals surface area contributed by atoms with Gasteiger partial charge in [-0.05, 0) is 60.7 Å². The van der Waals surface area contributed by atoms with Gasteiger partial charge >= 0.3 is 5.97 Å². The summed E-state index contributed by atoms with van der Waals surface area (Å²) in [6.45, 7) is 0.331. The maximum absolute atomic E-state index is 12.7. The van der Waals surface area contributed by atoms with Crippen LogP contribution in [0, 0.1) is 0 Å². The van der Waals surface area contributed by atoms with Crippen molar-refractivity contribution in [1.82, 2.24) is 5.32 Å². The average molecular weight is 449 g/mol. The lowest BCUT2D eigenvalue weighted by Crippen LogP contribution is -2.40. The van der Waals surface area contributed by atoms with Crippen molar-refractivity contribution >= 4 is 17.6 Å². The topological polar surface area (TPSA) is 122 Å². The number of rotatable bonds is 11. The average Bonchev–Trinajstić information content (AvgIpc) is 2.81. The number of nitrogens with one attached hydrogen (secondary N) is 1. The van der Waals surface area contributed by atoms with E-state index < -0.39 is 17.9 Å². The van der Waals surface area contributed by atoms with Gasteiger partial charge in [-0.2, -0.15) is 0 Å². The van der Waals surface area contributed by atoms with Gasteiger partial charge in [0, 0.05) is 12.0 Å². The van der Waals surface area contributed by atoms with Crippen LogP contribution in [0.2, 0.25) is 0 Å². The Morgan fingerprint density at radius 1 is 0.939 bits per heavy atom. The minimum Gasteiger partial charge on any atom is -0.508 e. The largest absolute Gasteiger partial charge is 0.508 e. The highest BCUT2D eigenvalue weighted by atomic mass is 16.5. The van der Waals surface area contributed by atoms with E-state index in [9.17, 15) is 19.8 Å². The molecule has 1 amide bonds. The molecule has 0 aromatic heterocycles. The normalized spacial score (nSPS) is 11.5. The van der Waals surface area contributed by atoms with Crippen molar-refractivity contribution in [2.75, 3.05) is 12.3 Å². The minimum atomic E-state index is -1.07. The molecule has 0 saturated carbocycles. The summed E-state index contributed by atoms with van der Waals surface area (Å²) in [6, 6.07) is 20.2. The lowest BCUT2D eigenvalue weighted by atomic mass is 10.0. The number of aryl methyl sites for hydroxylation is 1. The number of carbonyl (C=O) groups is 2. The Hall–Kier alpha value is -4.00. The third-order valence-electron chi connectivity index (χ3n) is 5.26. The molecule has 0 fully saturated rings. The molecule has 3 rings (SSSR count). The van der Waals surface area contributed by atoms with Crippen molar-refractivity contribution in [1.29, 1.82) is 0 Å². The first-order chi connectivity index (χ1) is 15.9. The van der Waals surface area contributed by atoms with Gasteiger partial charge in [0.2, 0.25) is 0 Å². The molecule has 0 aliphatic carbocycles. The van der Waals surface area contributed by atoms with E-state index in [1.807, 2.05) is 30.3 Å². The fraction of sp³-hybridized carbons (Fsp3) is 0.231. The van der Waals surface area contributed by atoms with E-state index in [0.717, 1.165) is 17.5 Å². The van der Waals surface area contributed by atoms with Gasteiger partial charge in [0.1, 0.15) is 17.5 Å². The summed E-state index contributed by atoms with van der Waals surface area (Å²) in [7, 11) is 0. The lowest BCUT2D eigenvalue weighted by molar-refractivity contribution is -0.139. The number of aliphatic carboxylic acids is 1. The summed E-state index contributed by atoms with van der Waals surface area (Å²) >= 11 is 0. The molecule has 0 aliphatic heterocycles. The number of nitrogen functional groups attached to an aromatic ring is 1. The van der Waals surface area contributed by atoms with E-state index in [1.54, 1.807) is 36.4 Å². The van der Waals surface area contributed by atoms with Gasteiger partial charge in [-0.1, -0.05) is 42.5 Å². The second-order valence-corrected chi connectivity index (χ2v) is 7.76. The number of nitrogens with two attached hydrogens (primary N) is 1. The van der Waals surface area contributed by atoms with Crippen LogP contribution in [0.1, 0.15) is 34.3 Å². The first kappa shape index (κ1) is 23.7.